The first-order valence-corrected chi connectivity index (χ1v) is 8.79. The van der Waals surface area contributed by atoms with Crippen LogP contribution in [0.4, 0.5) is 0 Å². The second-order valence-corrected chi connectivity index (χ2v) is 6.53. The van der Waals surface area contributed by atoms with Gasteiger partial charge >= 0.3 is 5.63 Å². The normalized spacial score (nSPS) is 10.8. The number of benzene rings is 2. The zero-order valence-corrected chi connectivity index (χ0v) is 17.2. The van der Waals surface area contributed by atoms with E-state index in [1.165, 1.54) is 7.11 Å². The van der Waals surface area contributed by atoms with E-state index < -0.39 is 5.63 Å². The summed E-state index contributed by atoms with van der Waals surface area (Å²) in [6.07, 6.45) is 0. The maximum Gasteiger partial charge on any atom is 0.347 e. The molecule has 0 saturated heterocycles. The highest BCUT2D eigenvalue weighted by Gasteiger charge is 2.22. The Labute approximate surface area is 163 Å². The fraction of sp³-hybridized carbons (Fsp3) is 0.318. The Morgan fingerprint density at radius 1 is 0.750 bits per heavy atom. The predicted octanol–water partition coefficient (Wildman–Crippen LogP) is 4.42. The van der Waals surface area contributed by atoms with Crippen LogP contribution in [-0.4, -0.2) is 28.4 Å². The minimum absolute atomic E-state index is 0.381. The maximum atomic E-state index is 12.9. The molecule has 0 aliphatic heterocycles. The molecule has 0 unspecified atom stereocenters. The van der Waals surface area contributed by atoms with Crippen LogP contribution in [-0.2, 0) is 0 Å². The number of aryl methyl sites for hydroxylation is 1. The van der Waals surface area contributed by atoms with Crippen molar-refractivity contribution in [3.63, 3.8) is 0 Å². The summed E-state index contributed by atoms with van der Waals surface area (Å²) in [5, 5.41) is 1.05. The van der Waals surface area contributed by atoms with Gasteiger partial charge in [-0.25, -0.2) is 4.79 Å². The Hall–Kier alpha value is -3.15. The maximum absolute atomic E-state index is 12.9. The van der Waals surface area contributed by atoms with Crippen LogP contribution in [0.25, 0.3) is 22.1 Å². The molecule has 1 aromatic heterocycles. The van der Waals surface area contributed by atoms with Crippen LogP contribution in [0.2, 0.25) is 0 Å². The lowest BCUT2D eigenvalue weighted by Crippen LogP contribution is -2.06. The standard InChI is InChI=1S/C22H24O6/c1-11-8-15(24-4)12(2)20(26-6)18(11)17-10-14-9-16(25-5)13(3)21(27-7)19(14)22(23)28-17/h8-10H,1-7H3. The third kappa shape index (κ3) is 2.95. The molecule has 0 radical (unpaired) electrons. The number of fused-ring (bicyclic) bond motifs is 1. The summed E-state index contributed by atoms with van der Waals surface area (Å²) in [5.41, 5.74) is 2.66. The average Bonchev–Trinajstić information content (AvgIpc) is 2.68. The van der Waals surface area contributed by atoms with Crippen molar-refractivity contribution in [1.82, 2.24) is 0 Å². The molecule has 0 bridgehead atoms. The van der Waals surface area contributed by atoms with Gasteiger partial charge in [-0.3, -0.25) is 0 Å². The summed E-state index contributed by atoms with van der Waals surface area (Å²) in [4.78, 5) is 12.9. The summed E-state index contributed by atoms with van der Waals surface area (Å²) >= 11 is 0. The van der Waals surface area contributed by atoms with Crippen LogP contribution < -0.4 is 24.6 Å². The zero-order chi connectivity index (χ0) is 20.6. The summed E-state index contributed by atoms with van der Waals surface area (Å²) in [6, 6.07) is 5.51. The van der Waals surface area contributed by atoms with Crippen LogP contribution in [0.1, 0.15) is 16.7 Å². The van der Waals surface area contributed by atoms with Gasteiger partial charge in [0.1, 0.15) is 34.1 Å². The third-order valence-electron chi connectivity index (χ3n) is 4.98. The van der Waals surface area contributed by atoms with Crippen LogP contribution in [0.15, 0.2) is 27.4 Å². The molecule has 0 atom stereocenters. The second kappa shape index (κ2) is 7.46. The first-order chi connectivity index (χ1) is 13.4. The Kier molecular flexibility index (Phi) is 5.23. The van der Waals surface area contributed by atoms with Gasteiger partial charge in [-0.2, -0.15) is 0 Å². The molecule has 28 heavy (non-hydrogen) atoms. The van der Waals surface area contributed by atoms with Crippen molar-refractivity contribution >= 4 is 10.8 Å². The van der Waals surface area contributed by atoms with Crippen molar-refractivity contribution in [2.45, 2.75) is 20.8 Å². The average molecular weight is 384 g/mol. The molecule has 6 heteroatoms. The molecule has 148 valence electrons. The van der Waals surface area contributed by atoms with E-state index in [2.05, 4.69) is 0 Å². The van der Waals surface area contributed by atoms with Gasteiger partial charge in [-0.05, 0) is 44.5 Å². The molecule has 0 fully saturated rings. The molecule has 0 spiro atoms. The quantitative estimate of drug-likeness (QED) is 0.649. The van der Waals surface area contributed by atoms with Gasteiger partial charge in [0.2, 0.25) is 0 Å². The highest BCUT2D eigenvalue weighted by atomic mass is 16.5. The van der Waals surface area contributed by atoms with E-state index >= 15 is 0 Å². The molecule has 6 nitrogen and oxygen atoms in total. The van der Waals surface area contributed by atoms with E-state index in [-0.39, 0.29) is 0 Å². The highest BCUT2D eigenvalue weighted by Crippen LogP contribution is 2.42. The molecule has 1 heterocycles. The van der Waals surface area contributed by atoms with Gasteiger partial charge in [0.05, 0.1) is 34.0 Å². The van der Waals surface area contributed by atoms with E-state index in [1.807, 2.05) is 32.9 Å². The molecular weight excluding hydrogens is 360 g/mol. The Morgan fingerprint density at radius 3 is 1.89 bits per heavy atom. The fourth-order valence-electron chi connectivity index (χ4n) is 3.62. The molecule has 3 aromatic rings. The van der Waals surface area contributed by atoms with Crippen LogP contribution in [0.5, 0.6) is 23.0 Å². The van der Waals surface area contributed by atoms with Crippen molar-refractivity contribution in [1.29, 1.82) is 0 Å². The molecule has 0 saturated carbocycles. The third-order valence-corrected chi connectivity index (χ3v) is 4.98. The molecule has 0 aliphatic rings. The van der Waals surface area contributed by atoms with Gasteiger partial charge in [0.25, 0.3) is 0 Å². The number of hydrogen-bond acceptors (Lipinski definition) is 6. The Bertz CT molecular complexity index is 1110. The van der Waals surface area contributed by atoms with E-state index in [0.29, 0.717) is 45.1 Å². The molecule has 0 N–H and O–H groups in total. The molecule has 2 aromatic carbocycles. The minimum Gasteiger partial charge on any atom is -0.496 e. The monoisotopic (exact) mass is 384 g/mol. The largest absolute Gasteiger partial charge is 0.496 e. The minimum atomic E-state index is -0.481. The van der Waals surface area contributed by atoms with Crippen molar-refractivity contribution in [3.05, 3.63) is 45.3 Å². The van der Waals surface area contributed by atoms with Gasteiger partial charge < -0.3 is 23.4 Å². The molecular formula is C22H24O6. The van der Waals surface area contributed by atoms with Crippen molar-refractivity contribution in [2.75, 3.05) is 28.4 Å². The van der Waals surface area contributed by atoms with E-state index in [0.717, 1.165) is 16.7 Å². The van der Waals surface area contributed by atoms with Gasteiger partial charge in [0, 0.05) is 16.5 Å². The molecule has 0 amide bonds. The lowest BCUT2D eigenvalue weighted by atomic mass is 9.98. The van der Waals surface area contributed by atoms with Crippen LogP contribution >= 0.6 is 0 Å². The zero-order valence-electron chi connectivity index (χ0n) is 17.2. The summed E-state index contributed by atoms with van der Waals surface area (Å²) in [6.45, 7) is 5.65. The number of methoxy groups -OCH3 is 4. The fourth-order valence-corrected chi connectivity index (χ4v) is 3.62. The lowest BCUT2D eigenvalue weighted by molar-refractivity contribution is 0.387. The Morgan fingerprint density at radius 2 is 1.32 bits per heavy atom. The summed E-state index contributed by atoms with van der Waals surface area (Å²) in [7, 11) is 6.30. The summed E-state index contributed by atoms with van der Waals surface area (Å²) in [5.74, 6) is 2.80. The van der Waals surface area contributed by atoms with Crippen molar-refractivity contribution in [3.8, 4) is 34.3 Å². The molecule has 0 aliphatic carbocycles. The second-order valence-electron chi connectivity index (χ2n) is 6.53. The van der Waals surface area contributed by atoms with Crippen molar-refractivity contribution < 1.29 is 23.4 Å². The number of hydrogen-bond donors (Lipinski definition) is 0. The predicted molar refractivity (Wildman–Crippen MR) is 108 cm³/mol. The van der Waals surface area contributed by atoms with Crippen LogP contribution in [0, 0.1) is 20.8 Å². The SMILES string of the molecule is COc1cc(C)c(-c2cc3cc(OC)c(C)c(OC)c3c(=O)o2)c(OC)c1C. The highest BCUT2D eigenvalue weighted by molar-refractivity contribution is 5.93. The molecule has 3 rings (SSSR count). The van der Waals surface area contributed by atoms with Crippen LogP contribution in [0.3, 0.4) is 0 Å². The summed E-state index contributed by atoms with van der Waals surface area (Å²) < 4.78 is 27.7. The van der Waals surface area contributed by atoms with Crippen molar-refractivity contribution in [2.24, 2.45) is 0 Å². The number of rotatable bonds is 5. The number of ether oxygens (including phenoxy) is 4. The van der Waals surface area contributed by atoms with Gasteiger partial charge in [-0.15, -0.1) is 0 Å². The Balaban J connectivity index is 2.40. The van der Waals surface area contributed by atoms with E-state index in [9.17, 15) is 4.79 Å². The van der Waals surface area contributed by atoms with E-state index in [4.69, 9.17) is 23.4 Å². The van der Waals surface area contributed by atoms with E-state index in [1.54, 1.807) is 27.4 Å². The smallest absolute Gasteiger partial charge is 0.347 e. The van der Waals surface area contributed by atoms with Gasteiger partial charge in [-0.1, -0.05) is 0 Å². The lowest BCUT2D eigenvalue weighted by Gasteiger charge is -2.17. The first-order valence-electron chi connectivity index (χ1n) is 8.79. The topological polar surface area (TPSA) is 67.1 Å². The van der Waals surface area contributed by atoms with Gasteiger partial charge in [0.15, 0.2) is 0 Å². The first kappa shape index (κ1) is 19.6.